The second-order valence-electron chi connectivity index (χ2n) is 5.49. The van der Waals surface area contributed by atoms with E-state index in [0.717, 1.165) is 31.6 Å². The van der Waals surface area contributed by atoms with Crippen LogP contribution in [0, 0.1) is 11.3 Å². The second-order valence-corrected chi connectivity index (χ2v) is 5.49. The molecule has 3 aliphatic rings. The Morgan fingerprint density at radius 2 is 2.00 bits per heavy atom. The molecule has 0 aromatic rings. The van der Waals surface area contributed by atoms with E-state index >= 15 is 0 Å². The molecule has 0 saturated heterocycles. The Bertz CT molecular complexity index is 240. The zero-order chi connectivity index (χ0) is 9.10. The fraction of sp³-hybridized carbons (Fsp3) is 1.00. The molecule has 0 aromatic carbocycles. The molecule has 0 radical (unpaired) electrons. The van der Waals surface area contributed by atoms with Gasteiger partial charge in [-0.1, -0.05) is 6.42 Å². The first-order valence-corrected chi connectivity index (χ1v) is 5.55. The molecule has 3 fully saturated rings. The van der Waals surface area contributed by atoms with E-state index in [1.54, 1.807) is 0 Å². The Morgan fingerprint density at radius 3 is 2.85 bits per heavy atom. The molecule has 3 saturated carbocycles. The highest BCUT2D eigenvalue weighted by molar-refractivity contribution is 5.11. The van der Waals surface area contributed by atoms with Crippen molar-refractivity contribution in [2.24, 2.45) is 11.3 Å². The molecule has 0 unspecified atom stereocenters. The lowest BCUT2D eigenvalue weighted by molar-refractivity contribution is -0.0735. The van der Waals surface area contributed by atoms with Crippen LogP contribution >= 0.6 is 0 Å². The summed E-state index contributed by atoms with van der Waals surface area (Å²) in [6.45, 7) is 0. The van der Waals surface area contributed by atoms with Crippen molar-refractivity contribution in [3.05, 3.63) is 0 Å². The fourth-order valence-corrected chi connectivity index (χ4v) is 4.22. The molecule has 0 aliphatic heterocycles. The van der Waals surface area contributed by atoms with Gasteiger partial charge in [0.2, 0.25) is 0 Å². The molecule has 13 heavy (non-hydrogen) atoms. The molecule has 2 bridgehead atoms. The minimum absolute atomic E-state index is 0.340. The van der Waals surface area contributed by atoms with Crippen molar-refractivity contribution in [2.45, 2.75) is 56.7 Å². The molecular weight excluding hydrogens is 164 g/mol. The second kappa shape index (κ2) is 2.29. The van der Waals surface area contributed by atoms with E-state index in [4.69, 9.17) is 0 Å². The predicted molar refractivity (Wildman–Crippen MR) is 49.2 cm³/mol. The largest absolute Gasteiger partial charge is 0.390 e. The molecule has 4 atom stereocenters. The molecule has 2 nitrogen and oxygen atoms in total. The lowest BCUT2D eigenvalue weighted by Gasteiger charge is -2.39. The van der Waals surface area contributed by atoms with Crippen molar-refractivity contribution < 1.29 is 10.2 Å². The van der Waals surface area contributed by atoms with E-state index in [1.807, 2.05) is 0 Å². The lowest BCUT2D eigenvalue weighted by atomic mass is 9.68. The van der Waals surface area contributed by atoms with Crippen molar-refractivity contribution in [2.75, 3.05) is 0 Å². The topological polar surface area (TPSA) is 40.5 Å². The standard InChI is InChI=1S/C11H18O2/c12-9-6-10-4-1-2-8(10)3-5-11(9,13)7-10/h8-9,12-13H,1-7H2/t8-,9+,10-,11+/m0/s1. The molecule has 3 rings (SSSR count). The summed E-state index contributed by atoms with van der Waals surface area (Å²) in [7, 11) is 0. The SMILES string of the molecule is O[C@@H]1C[C@]23CCC[C@H]2CC[C@@]1(O)C3. The van der Waals surface area contributed by atoms with Gasteiger partial charge in [0, 0.05) is 0 Å². The Kier molecular flexibility index (Phi) is 1.45. The van der Waals surface area contributed by atoms with Crippen molar-refractivity contribution >= 4 is 0 Å². The summed E-state index contributed by atoms with van der Waals surface area (Å²) in [5.74, 6) is 0.810. The van der Waals surface area contributed by atoms with Crippen LogP contribution in [-0.4, -0.2) is 21.9 Å². The number of hydrogen-bond donors (Lipinski definition) is 2. The smallest absolute Gasteiger partial charge is 0.0911 e. The first-order valence-electron chi connectivity index (χ1n) is 5.55. The zero-order valence-electron chi connectivity index (χ0n) is 8.00. The molecule has 0 amide bonds. The fourth-order valence-electron chi connectivity index (χ4n) is 4.22. The van der Waals surface area contributed by atoms with Crippen molar-refractivity contribution in [1.82, 2.24) is 0 Å². The molecule has 1 spiro atoms. The van der Waals surface area contributed by atoms with Crippen LogP contribution < -0.4 is 0 Å². The molecule has 0 aromatic heterocycles. The van der Waals surface area contributed by atoms with E-state index in [2.05, 4.69) is 0 Å². The summed E-state index contributed by atoms with van der Waals surface area (Å²) in [6.07, 6.45) is 7.19. The zero-order valence-corrected chi connectivity index (χ0v) is 8.00. The Labute approximate surface area is 79.0 Å². The molecule has 2 N–H and O–H groups in total. The van der Waals surface area contributed by atoms with E-state index in [0.29, 0.717) is 5.41 Å². The van der Waals surface area contributed by atoms with Crippen LogP contribution in [0.3, 0.4) is 0 Å². The van der Waals surface area contributed by atoms with Gasteiger partial charge in [0.05, 0.1) is 11.7 Å². The van der Waals surface area contributed by atoms with E-state index < -0.39 is 11.7 Å². The first-order chi connectivity index (χ1) is 6.15. The Balaban J connectivity index is 1.98. The quantitative estimate of drug-likeness (QED) is 0.595. The van der Waals surface area contributed by atoms with Crippen LogP contribution in [0.1, 0.15) is 44.9 Å². The van der Waals surface area contributed by atoms with Gasteiger partial charge in [-0.2, -0.15) is 0 Å². The van der Waals surface area contributed by atoms with E-state index in [-0.39, 0.29) is 0 Å². The third kappa shape index (κ3) is 0.909. The van der Waals surface area contributed by atoms with E-state index in [9.17, 15) is 10.2 Å². The van der Waals surface area contributed by atoms with Crippen LogP contribution in [0.15, 0.2) is 0 Å². The van der Waals surface area contributed by atoms with Crippen LogP contribution in [0.4, 0.5) is 0 Å². The first kappa shape index (κ1) is 8.25. The summed E-state index contributed by atoms with van der Waals surface area (Å²) < 4.78 is 0. The minimum atomic E-state index is -0.708. The van der Waals surface area contributed by atoms with Crippen LogP contribution in [0.5, 0.6) is 0 Å². The number of rotatable bonds is 0. The summed E-state index contributed by atoms with van der Waals surface area (Å²) in [6, 6.07) is 0. The third-order valence-corrected chi connectivity index (χ3v) is 4.90. The number of aliphatic hydroxyl groups excluding tert-OH is 1. The molecular formula is C11H18O2. The summed E-state index contributed by atoms with van der Waals surface area (Å²) in [4.78, 5) is 0. The number of hydrogen-bond acceptors (Lipinski definition) is 2. The van der Waals surface area contributed by atoms with Gasteiger partial charge in [-0.05, 0) is 49.9 Å². The Morgan fingerprint density at radius 1 is 1.15 bits per heavy atom. The average Bonchev–Trinajstić information content (AvgIpc) is 2.53. The van der Waals surface area contributed by atoms with E-state index in [1.165, 1.54) is 19.3 Å². The summed E-state index contributed by atoms with van der Waals surface area (Å²) in [5.41, 5.74) is -0.368. The van der Waals surface area contributed by atoms with Crippen molar-refractivity contribution in [3.63, 3.8) is 0 Å². The van der Waals surface area contributed by atoms with Crippen molar-refractivity contribution in [3.8, 4) is 0 Å². The highest BCUT2D eigenvalue weighted by Gasteiger charge is 2.60. The molecule has 3 aliphatic carbocycles. The highest BCUT2D eigenvalue weighted by atomic mass is 16.3. The van der Waals surface area contributed by atoms with Gasteiger partial charge in [-0.15, -0.1) is 0 Å². The summed E-state index contributed by atoms with van der Waals surface area (Å²) >= 11 is 0. The minimum Gasteiger partial charge on any atom is -0.390 e. The average molecular weight is 182 g/mol. The van der Waals surface area contributed by atoms with Gasteiger partial charge in [0.1, 0.15) is 0 Å². The maximum Gasteiger partial charge on any atom is 0.0911 e. The van der Waals surface area contributed by atoms with Crippen LogP contribution in [0.25, 0.3) is 0 Å². The number of fused-ring (bicyclic) bond motifs is 1. The Hall–Kier alpha value is -0.0800. The normalized spacial score (nSPS) is 59.5. The van der Waals surface area contributed by atoms with Gasteiger partial charge in [-0.25, -0.2) is 0 Å². The van der Waals surface area contributed by atoms with Crippen LogP contribution in [0.2, 0.25) is 0 Å². The van der Waals surface area contributed by atoms with Gasteiger partial charge in [0.25, 0.3) is 0 Å². The highest BCUT2D eigenvalue weighted by Crippen LogP contribution is 2.63. The van der Waals surface area contributed by atoms with Gasteiger partial charge in [-0.3, -0.25) is 0 Å². The maximum atomic E-state index is 10.2. The molecule has 74 valence electrons. The number of aliphatic hydroxyl groups is 2. The van der Waals surface area contributed by atoms with Crippen LogP contribution in [-0.2, 0) is 0 Å². The van der Waals surface area contributed by atoms with Gasteiger partial charge >= 0.3 is 0 Å². The monoisotopic (exact) mass is 182 g/mol. The summed E-state index contributed by atoms with van der Waals surface area (Å²) in [5, 5.41) is 20.0. The van der Waals surface area contributed by atoms with Gasteiger partial charge < -0.3 is 10.2 Å². The molecule has 0 heterocycles. The predicted octanol–water partition coefficient (Wildman–Crippen LogP) is 1.45. The molecule has 2 heteroatoms. The maximum absolute atomic E-state index is 10.2. The van der Waals surface area contributed by atoms with Gasteiger partial charge in [0.15, 0.2) is 0 Å². The third-order valence-electron chi connectivity index (χ3n) is 4.90. The van der Waals surface area contributed by atoms with Crippen molar-refractivity contribution in [1.29, 1.82) is 0 Å². The lowest BCUT2D eigenvalue weighted by Crippen LogP contribution is -2.40.